The molecule has 0 atom stereocenters. The van der Waals surface area contributed by atoms with Crippen molar-refractivity contribution < 1.29 is 9.53 Å². The maximum Gasteiger partial charge on any atom is 0.188 e. The lowest BCUT2D eigenvalue weighted by atomic mass is 10.1. The van der Waals surface area contributed by atoms with E-state index in [1.807, 2.05) is 13.0 Å². The van der Waals surface area contributed by atoms with Crippen LogP contribution in [0, 0.1) is 11.3 Å². The highest BCUT2D eigenvalue weighted by Crippen LogP contribution is 2.04. The Morgan fingerprint density at radius 3 is 2.60 bits per heavy atom. The molecule has 0 spiro atoms. The van der Waals surface area contributed by atoms with Crippen LogP contribution in [0.3, 0.4) is 0 Å². The summed E-state index contributed by atoms with van der Waals surface area (Å²) < 4.78 is 5.14. The number of ether oxygens (including phenoxy) is 1. The second-order valence-electron chi connectivity index (χ2n) is 3.16. The number of Topliss-reactive ketones (excluding diaryl/α,β-unsaturated/α-hetero) is 1. The average molecular weight is 203 g/mol. The molecule has 1 aromatic rings. The van der Waals surface area contributed by atoms with Gasteiger partial charge in [0.2, 0.25) is 0 Å². The van der Waals surface area contributed by atoms with Crippen LogP contribution < -0.4 is 0 Å². The zero-order chi connectivity index (χ0) is 11.1. The number of rotatable bonds is 5. The molecular weight excluding hydrogens is 190 g/mol. The number of benzene rings is 1. The first-order valence-electron chi connectivity index (χ1n) is 4.89. The summed E-state index contributed by atoms with van der Waals surface area (Å²) in [5.41, 5.74) is 1.14. The second kappa shape index (κ2) is 5.94. The van der Waals surface area contributed by atoms with E-state index in [2.05, 4.69) is 0 Å². The van der Waals surface area contributed by atoms with Crippen molar-refractivity contribution in [1.82, 2.24) is 0 Å². The number of nitriles is 1. The summed E-state index contributed by atoms with van der Waals surface area (Å²) in [5, 5.41) is 8.58. The highest BCUT2D eigenvalue weighted by Gasteiger charge is 2.05. The number of hydrogen-bond donors (Lipinski definition) is 0. The molecule has 1 aromatic carbocycles. The fourth-order valence-electron chi connectivity index (χ4n) is 1.12. The number of hydrogen-bond acceptors (Lipinski definition) is 3. The smallest absolute Gasteiger partial charge is 0.188 e. The Morgan fingerprint density at radius 2 is 2.07 bits per heavy atom. The molecule has 0 unspecified atom stereocenters. The summed E-state index contributed by atoms with van der Waals surface area (Å²) in [6, 6.07) is 8.56. The van der Waals surface area contributed by atoms with Gasteiger partial charge in [0.15, 0.2) is 5.78 Å². The molecule has 0 aliphatic carbocycles. The maximum absolute atomic E-state index is 11.5. The van der Waals surface area contributed by atoms with Gasteiger partial charge in [-0.05, 0) is 18.6 Å². The van der Waals surface area contributed by atoms with Gasteiger partial charge in [0.25, 0.3) is 0 Å². The van der Waals surface area contributed by atoms with Gasteiger partial charge in [0, 0.05) is 12.2 Å². The van der Waals surface area contributed by atoms with Crippen LogP contribution in [-0.4, -0.2) is 19.0 Å². The highest BCUT2D eigenvalue weighted by atomic mass is 16.5. The van der Waals surface area contributed by atoms with E-state index in [0.29, 0.717) is 17.7 Å². The number of ketones is 1. The minimum atomic E-state index is -0.0482. The van der Waals surface area contributed by atoms with Crippen molar-refractivity contribution in [1.29, 1.82) is 5.26 Å². The van der Waals surface area contributed by atoms with E-state index in [0.717, 1.165) is 6.42 Å². The van der Waals surface area contributed by atoms with Crippen LogP contribution in [0.25, 0.3) is 0 Å². The Kier molecular flexibility index (Phi) is 4.52. The fourth-order valence-corrected chi connectivity index (χ4v) is 1.12. The zero-order valence-corrected chi connectivity index (χ0v) is 8.69. The Balaban J connectivity index is 2.55. The third-order valence-electron chi connectivity index (χ3n) is 1.92. The lowest BCUT2D eigenvalue weighted by molar-refractivity contribution is 0.0761. The van der Waals surface area contributed by atoms with Crippen LogP contribution in [0.15, 0.2) is 24.3 Å². The lowest BCUT2D eigenvalue weighted by Gasteiger charge is -2.01. The Hall–Kier alpha value is -1.66. The van der Waals surface area contributed by atoms with Crippen LogP contribution in [0.5, 0.6) is 0 Å². The minimum Gasteiger partial charge on any atom is -0.373 e. The van der Waals surface area contributed by atoms with Crippen molar-refractivity contribution in [2.75, 3.05) is 13.2 Å². The summed E-state index contributed by atoms with van der Waals surface area (Å²) in [4.78, 5) is 11.5. The van der Waals surface area contributed by atoms with Crippen LogP contribution >= 0.6 is 0 Å². The third-order valence-corrected chi connectivity index (χ3v) is 1.92. The van der Waals surface area contributed by atoms with Crippen LogP contribution in [0.4, 0.5) is 0 Å². The molecule has 1 rings (SSSR count). The topological polar surface area (TPSA) is 50.1 Å². The molecule has 3 heteroatoms. The number of carbonyl (C=O) groups excluding carboxylic acids is 1. The molecule has 0 saturated carbocycles. The quantitative estimate of drug-likeness (QED) is 0.544. The second-order valence-corrected chi connectivity index (χ2v) is 3.16. The average Bonchev–Trinajstić information content (AvgIpc) is 2.29. The van der Waals surface area contributed by atoms with E-state index >= 15 is 0 Å². The first kappa shape index (κ1) is 11.4. The Morgan fingerprint density at radius 1 is 1.40 bits per heavy atom. The molecule has 0 aromatic heterocycles. The lowest BCUT2D eigenvalue weighted by Crippen LogP contribution is -2.09. The van der Waals surface area contributed by atoms with E-state index in [-0.39, 0.29) is 12.4 Å². The standard InChI is InChI=1S/C12H13NO2/c1-2-7-15-9-12(14)11-5-3-10(8-13)4-6-11/h3-6H,2,7,9H2,1H3. The van der Waals surface area contributed by atoms with Crippen molar-refractivity contribution in [3.63, 3.8) is 0 Å². The zero-order valence-electron chi connectivity index (χ0n) is 8.69. The molecular formula is C12H13NO2. The first-order chi connectivity index (χ1) is 7.27. The molecule has 0 heterocycles. The molecule has 3 nitrogen and oxygen atoms in total. The van der Waals surface area contributed by atoms with Gasteiger partial charge in [0.05, 0.1) is 11.6 Å². The van der Waals surface area contributed by atoms with E-state index < -0.39 is 0 Å². The number of carbonyl (C=O) groups is 1. The normalized spacial score (nSPS) is 9.60. The predicted molar refractivity (Wildman–Crippen MR) is 56.6 cm³/mol. The van der Waals surface area contributed by atoms with Gasteiger partial charge in [-0.15, -0.1) is 0 Å². The van der Waals surface area contributed by atoms with Crippen molar-refractivity contribution >= 4 is 5.78 Å². The van der Waals surface area contributed by atoms with Gasteiger partial charge in [-0.3, -0.25) is 4.79 Å². The minimum absolute atomic E-state index is 0.0482. The Labute approximate surface area is 89.3 Å². The van der Waals surface area contributed by atoms with Gasteiger partial charge in [0.1, 0.15) is 6.61 Å². The van der Waals surface area contributed by atoms with Crippen molar-refractivity contribution in [2.45, 2.75) is 13.3 Å². The molecule has 0 saturated heterocycles. The molecule has 0 N–H and O–H groups in total. The summed E-state index contributed by atoms with van der Waals surface area (Å²) in [7, 11) is 0. The van der Waals surface area contributed by atoms with Crippen LogP contribution in [-0.2, 0) is 4.74 Å². The predicted octanol–water partition coefficient (Wildman–Crippen LogP) is 2.17. The van der Waals surface area contributed by atoms with Gasteiger partial charge >= 0.3 is 0 Å². The van der Waals surface area contributed by atoms with E-state index in [1.165, 1.54) is 0 Å². The highest BCUT2D eigenvalue weighted by molar-refractivity contribution is 5.97. The van der Waals surface area contributed by atoms with Crippen molar-refractivity contribution in [3.05, 3.63) is 35.4 Å². The van der Waals surface area contributed by atoms with E-state index in [1.54, 1.807) is 24.3 Å². The molecule has 0 amide bonds. The van der Waals surface area contributed by atoms with Crippen LogP contribution in [0.2, 0.25) is 0 Å². The van der Waals surface area contributed by atoms with E-state index in [9.17, 15) is 4.79 Å². The summed E-state index contributed by atoms with van der Waals surface area (Å²) in [6.07, 6.45) is 0.903. The Bertz CT molecular complexity index is 362. The van der Waals surface area contributed by atoms with Gasteiger partial charge in [-0.1, -0.05) is 19.1 Å². The molecule has 0 bridgehead atoms. The fraction of sp³-hybridized carbons (Fsp3) is 0.333. The molecule has 78 valence electrons. The SMILES string of the molecule is CCCOCC(=O)c1ccc(C#N)cc1. The summed E-state index contributed by atoms with van der Waals surface area (Å²) in [5.74, 6) is -0.0482. The number of nitrogens with zero attached hydrogens (tertiary/aromatic N) is 1. The molecule has 15 heavy (non-hydrogen) atoms. The monoisotopic (exact) mass is 203 g/mol. The van der Waals surface area contributed by atoms with Crippen LogP contribution in [0.1, 0.15) is 29.3 Å². The molecule has 0 aliphatic rings. The molecule has 0 radical (unpaired) electrons. The molecule has 0 fully saturated rings. The summed E-state index contributed by atoms with van der Waals surface area (Å²) >= 11 is 0. The molecule has 0 aliphatic heterocycles. The van der Waals surface area contributed by atoms with E-state index in [4.69, 9.17) is 10.00 Å². The van der Waals surface area contributed by atoms with Gasteiger partial charge in [-0.25, -0.2) is 0 Å². The van der Waals surface area contributed by atoms with Crippen molar-refractivity contribution in [3.8, 4) is 6.07 Å². The summed E-state index contributed by atoms with van der Waals surface area (Å²) in [6.45, 7) is 2.70. The maximum atomic E-state index is 11.5. The largest absolute Gasteiger partial charge is 0.373 e. The first-order valence-corrected chi connectivity index (χ1v) is 4.89. The van der Waals surface area contributed by atoms with Gasteiger partial charge < -0.3 is 4.74 Å². The van der Waals surface area contributed by atoms with Gasteiger partial charge in [-0.2, -0.15) is 5.26 Å². The van der Waals surface area contributed by atoms with Crippen molar-refractivity contribution in [2.24, 2.45) is 0 Å². The third kappa shape index (κ3) is 3.53.